The summed E-state index contributed by atoms with van der Waals surface area (Å²) < 4.78 is 80.4. The summed E-state index contributed by atoms with van der Waals surface area (Å²) in [5, 5.41) is 1.20. The van der Waals surface area contributed by atoms with Crippen LogP contribution in [0.3, 0.4) is 0 Å². The molecule has 0 spiro atoms. The molecule has 0 saturated heterocycles. The minimum atomic E-state index is -5.76. The van der Waals surface area contributed by atoms with Gasteiger partial charge in [0.05, 0.1) is 0 Å². The summed E-state index contributed by atoms with van der Waals surface area (Å²) in [7, 11) is -9.03. The number of fused-ring (bicyclic) bond motifs is 2. The van der Waals surface area contributed by atoms with Gasteiger partial charge in [-0.2, -0.15) is 21.6 Å². The van der Waals surface area contributed by atoms with E-state index in [1.54, 1.807) is 60.7 Å². The van der Waals surface area contributed by atoms with Crippen molar-refractivity contribution in [3.05, 3.63) is 72.5 Å². The lowest BCUT2D eigenvalue weighted by atomic mass is 10.1. The molecule has 3 atom stereocenters. The van der Waals surface area contributed by atoms with E-state index in [0.717, 1.165) is 0 Å². The van der Waals surface area contributed by atoms with Gasteiger partial charge in [0.15, 0.2) is 0 Å². The highest BCUT2D eigenvalue weighted by Gasteiger charge is 2.57. The molecule has 0 aliphatic heterocycles. The molecule has 0 amide bonds. The molecule has 29 heavy (non-hydrogen) atoms. The highest BCUT2D eigenvalue weighted by Crippen LogP contribution is 2.63. The van der Waals surface area contributed by atoms with Crippen molar-refractivity contribution < 1.29 is 30.3 Å². The summed E-state index contributed by atoms with van der Waals surface area (Å²) >= 11 is 0. The quantitative estimate of drug-likeness (QED) is 0.397. The summed E-state index contributed by atoms with van der Waals surface area (Å²) in [6, 6.07) is 17.6. The van der Waals surface area contributed by atoms with Gasteiger partial charge in [-0.1, -0.05) is 60.7 Å². The molecule has 9 heteroatoms. The van der Waals surface area contributed by atoms with Gasteiger partial charge in [0.25, 0.3) is 0 Å². The number of rotatable bonds is 5. The van der Waals surface area contributed by atoms with Crippen LogP contribution in [0.4, 0.5) is 13.2 Å². The Balaban J connectivity index is 1.77. The van der Waals surface area contributed by atoms with E-state index in [9.17, 15) is 26.2 Å². The van der Waals surface area contributed by atoms with Crippen LogP contribution in [0.25, 0.3) is 0 Å². The smallest absolute Gasteiger partial charge is 0.381 e. The van der Waals surface area contributed by atoms with Gasteiger partial charge in [-0.15, -0.1) is 0 Å². The van der Waals surface area contributed by atoms with Crippen LogP contribution < -0.4 is 10.6 Å². The molecule has 4 rings (SSSR count). The maximum absolute atomic E-state index is 14.5. The van der Waals surface area contributed by atoms with E-state index in [-0.39, 0.29) is 11.7 Å². The van der Waals surface area contributed by atoms with Crippen LogP contribution in [0.2, 0.25) is 0 Å². The van der Waals surface area contributed by atoms with E-state index in [4.69, 9.17) is 0 Å². The van der Waals surface area contributed by atoms with Gasteiger partial charge in [-0.25, -0.2) is 0 Å². The average molecular weight is 442 g/mol. The van der Waals surface area contributed by atoms with Crippen LogP contribution in [0.1, 0.15) is 12.8 Å². The summed E-state index contributed by atoms with van der Waals surface area (Å²) in [5.74, 6) is -1.20. The predicted molar refractivity (Wildman–Crippen MR) is 104 cm³/mol. The van der Waals surface area contributed by atoms with Crippen molar-refractivity contribution in [1.29, 1.82) is 0 Å². The Kier molecular flexibility index (Phi) is 4.90. The third kappa shape index (κ3) is 3.32. The largest absolute Gasteiger partial charge is 0.534 e. The fraction of sp³-hybridized carbons (Fsp3) is 0.300. The molecule has 2 aliphatic carbocycles. The lowest BCUT2D eigenvalue weighted by Gasteiger charge is -2.29. The molecular formula is C20H18F3O4PS. The van der Waals surface area contributed by atoms with Gasteiger partial charge in [-0.05, 0) is 24.8 Å². The Morgan fingerprint density at radius 3 is 1.90 bits per heavy atom. The Morgan fingerprint density at radius 1 is 0.897 bits per heavy atom. The molecule has 0 radical (unpaired) electrons. The molecule has 154 valence electrons. The van der Waals surface area contributed by atoms with Crippen molar-refractivity contribution in [1.82, 2.24) is 0 Å². The summed E-state index contributed by atoms with van der Waals surface area (Å²) in [6.07, 6.45) is 2.47. The monoisotopic (exact) mass is 442 g/mol. The summed E-state index contributed by atoms with van der Waals surface area (Å²) in [6.45, 7) is 0. The van der Waals surface area contributed by atoms with Crippen molar-refractivity contribution in [2.45, 2.75) is 24.0 Å². The van der Waals surface area contributed by atoms with E-state index in [0.29, 0.717) is 23.5 Å². The summed E-state index contributed by atoms with van der Waals surface area (Å²) in [4.78, 5) is 0. The van der Waals surface area contributed by atoms with Crippen molar-refractivity contribution in [3.63, 3.8) is 0 Å². The van der Waals surface area contributed by atoms with Gasteiger partial charge in [0, 0.05) is 22.2 Å². The van der Waals surface area contributed by atoms with Gasteiger partial charge in [-0.3, -0.25) is 0 Å². The predicted octanol–water partition coefficient (Wildman–Crippen LogP) is 4.16. The zero-order valence-corrected chi connectivity index (χ0v) is 16.8. The second-order valence-corrected chi connectivity index (χ2v) is 11.7. The van der Waals surface area contributed by atoms with Crippen LogP contribution in [0.5, 0.6) is 0 Å². The van der Waals surface area contributed by atoms with Gasteiger partial charge >= 0.3 is 15.6 Å². The molecule has 2 aliphatic rings. The van der Waals surface area contributed by atoms with E-state index in [2.05, 4.69) is 4.18 Å². The highest BCUT2D eigenvalue weighted by molar-refractivity contribution is 7.87. The third-order valence-corrected chi connectivity index (χ3v) is 10.3. The number of halogens is 3. The molecule has 0 aromatic heterocycles. The number of hydrogen-bond donors (Lipinski definition) is 0. The molecular weight excluding hydrogens is 424 g/mol. The number of allylic oxidation sites excluding steroid dienone is 2. The standard InChI is InChI=1S/C20H18F3O4PS/c21-20(22,23)29(25,26)27-18-13-14-11-12-17(18)19(14)28(24,15-7-3-1-4-8-15)16-9-5-2-6-10-16/h1-10,13-14,17,19H,11-12H2/t14-,17+,19+/m0/s1. The maximum atomic E-state index is 14.5. The average Bonchev–Trinajstić information content (AvgIpc) is 3.26. The normalized spacial score (nSPS) is 24.4. The molecule has 1 fully saturated rings. The van der Waals surface area contributed by atoms with Gasteiger partial charge in [0.1, 0.15) is 12.9 Å². The molecule has 0 heterocycles. The first-order chi connectivity index (χ1) is 13.6. The van der Waals surface area contributed by atoms with Crippen LogP contribution in [0.15, 0.2) is 72.5 Å². The minimum Gasteiger partial charge on any atom is -0.381 e. The molecule has 2 aromatic carbocycles. The highest BCUT2D eigenvalue weighted by atomic mass is 32.2. The van der Waals surface area contributed by atoms with Gasteiger partial charge in [0.2, 0.25) is 0 Å². The Morgan fingerprint density at radius 2 is 1.41 bits per heavy atom. The molecule has 0 unspecified atom stereocenters. The van der Waals surface area contributed by atoms with Crippen molar-refractivity contribution in [3.8, 4) is 0 Å². The fourth-order valence-electron chi connectivity index (χ4n) is 4.42. The second kappa shape index (κ2) is 7.03. The summed E-state index contributed by atoms with van der Waals surface area (Å²) in [5.41, 5.74) is -6.04. The van der Waals surface area contributed by atoms with E-state index < -0.39 is 34.3 Å². The van der Waals surface area contributed by atoms with E-state index >= 15 is 0 Å². The maximum Gasteiger partial charge on any atom is 0.534 e. The Hall–Kier alpha value is -2.05. The molecule has 1 saturated carbocycles. The first-order valence-electron chi connectivity index (χ1n) is 9.08. The molecule has 4 nitrogen and oxygen atoms in total. The SMILES string of the molecule is O=P(c1ccccc1)(c1ccccc1)[C@@H]1[C@@H]2C=C(OS(=O)(=O)C(F)(F)F)[C@H]1CC2. The minimum absolute atomic E-state index is 0.240. The van der Waals surface area contributed by atoms with Crippen molar-refractivity contribution >= 4 is 27.9 Å². The molecule has 2 bridgehead atoms. The van der Waals surface area contributed by atoms with Crippen LogP contribution in [0, 0.1) is 11.8 Å². The Bertz CT molecular complexity index is 1040. The lowest BCUT2D eigenvalue weighted by Crippen LogP contribution is -2.31. The van der Waals surface area contributed by atoms with Gasteiger partial charge < -0.3 is 8.75 Å². The first-order valence-corrected chi connectivity index (χ1v) is 12.3. The van der Waals surface area contributed by atoms with Crippen LogP contribution in [-0.4, -0.2) is 19.6 Å². The van der Waals surface area contributed by atoms with Crippen LogP contribution >= 0.6 is 7.14 Å². The second-order valence-electron chi connectivity index (χ2n) is 7.22. The zero-order valence-electron chi connectivity index (χ0n) is 15.1. The molecule has 0 N–H and O–H groups in total. The number of benzene rings is 2. The fourth-order valence-corrected chi connectivity index (χ4v) is 8.74. The van der Waals surface area contributed by atoms with E-state index in [1.165, 1.54) is 6.08 Å². The lowest BCUT2D eigenvalue weighted by molar-refractivity contribution is -0.0526. The Labute approximate surface area is 166 Å². The number of alkyl halides is 3. The van der Waals surface area contributed by atoms with Crippen LogP contribution in [-0.2, 0) is 18.9 Å². The first kappa shape index (κ1) is 20.2. The topological polar surface area (TPSA) is 60.4 Å². The van der Waals surface area contributed by atoms with E-state index in [1.807, 2.05) is 0 Å². The van der Waals surface area contributed by atoms with Crippen molar-refractivity contribution in [2.24, 2.45) is 11.8 Å². The third-order valence-electron chi connectivity index (χ3n) is 5.59. The zero-order chi connectivity index (χ0) is 20.9. The van der Waals surface area contributed by atoms with Crippen molar-refractivity contribution in [2.75, 3.05) is 0 Å². The number of hydrogen-bond acceptors (Lipinski definition) is 4. The molecule has 2 aromatic rings.